The fraction of sp³-hybridized carbons (Fsp3) is 0.636. The number of rotatable bonds is 5. The second-order valence-corrected chi connectivity index (χ2v) is 5.33. The fourth-order valence-electron chi connectivity index (χ4n) is 1.01. The molecule has 1 N–H and O–H groups in total. The van der Waals surface area contributed by atoms with Gasteiger partial charge in [-0.2, -0.15) is 0 Å². The van der Waals surface area contributed by atoms with E-state index in [0.717, 1.165) is 17.4 Å². The van der Waals surface area contributed by atoms with Crippen LogP contribution in [0.2, 0.25) is 0 Å². The van der Waals surface area contributed by atoms with E-state index in [1.807, 2.05) is 12.3 Å². The van der Waals surface area contributed by atoms with Crippen molar-refractivity contribution in [1.82, 2.24) is 14.9 Å². The molecule has 0 spiro atoms. The highest BCUT2D eigenvalue weighted by Gasteiger charge is 2.19. The lowest BCUT2D eigenvalue weighted by Gasteiger charge is -2.32. The Hall–Kier alpha value is -0.810. The third-order valence-electron chi connectivity index (χ3n) is 2.76. The van der Waals surface area contributed by atoms with E-state index in [0.29, 0.717) is 0 Å². The van der Waals surface area contributed by atoms with Crippen molar-refractivity contribution in [2.24, 2.45) is 0 Å². The van der Waals surface area contributed by atoms with Gasteiger partial charge in [0.05, 0.1) is 0 Å². The van der Waals surface area contributed by atoms with Crippen molar-refractivity contribution < 1.29 is 0 Å². The zero-order valence-corrected chi connectivity index (χ0v) is 11.4. The molecule has 0 aromatic carbocycles. The molecular weight excluding hydrogens is 220 g/mol. The van der Waals surface area contributed by atoms with Crippen LogP contribution in [0.25, 0.3) is 0 Å². The first-order chi connectivity index (χ1) is 7.45. The standard InChI is InChI=1S/C11H20N4S/c1-11(2,15(3)4)7-12-9-6-10(16-5)14-8-13-9/h6,8H,7H2,1-5H3,(H,12,13,14). The first kappa shape index (κ1) is 13.3. The fourth-order valence-corrected chi connectivity index (χ4v) is 1.39. The molecule has 0 aliphatic rings. The van der Waals surface area contributed by atoms with Crippen LogP contribution in [0.5, 0.6) is 0 Å². The molecule has 0 unspecified atom stereocenters. The van der Waals surface area contributed by atoms with Crippen LogP contribution < -0.4 is 5.32 Å². The summed E-state index contributed by atoms with van der Waals surface area (Å²) in [6.45, 7) is 5.23. The Labute approximate surface area is 102 Å². The molecule has 16 heavy (non-hydrogen) atoms. The quantitative estimate of drug-likeness (QED) is 0.629. The van der Waals surface area contributed by atoms with Gasteiger partial charge in [-0.3, -0.25) is 0 Å². The Kier molecular flexibility index (Phi) is 4.56. The van der Waals surface area contributed by atoms with Gasteiger partial charge >= 0.3 is 0 Å². The third kappa shape index (κ3) is 3.64. The monoisotopic (exact) mass is 240 g/mol. The van der Waals surface area contributed by atoms with E-state index in [9.17, 15) is 0 Å². The van der Waals surface area contributed by atoms with Crippen molar-refractivity contribution in [3.8, 4) is 0 Å². The summed E-state index contributed by atoms with van der Waals surface area (Å²) < 4.78 is 0. The molecule has 0 saturated carbocycles. The molecule has 0 fully saturated rings. The van der Waals surface area contributed by atoms with Gasteiger partial charge in [0, 0.05) is 18.2 Å². The molecule has 1 aromatic rings. The molecule has 1 rings (SSSR count). The molecule has 1 heterocycles. The minimum Gasteiger partial charge on any atom is -0.368 e. The smallest absolute Gasteiger partial charge is 0.130 e. The predicted molar refractivity (Wildman–Crippen MR) is 70.1 cm³/mol. The van der Waals surface area contributed by atoms with Crippen molar-refractivity contribution in [3.05, 3.63) is 12.4 Å². The lowest BCUT2D eigenvalue weighted by molar-refractivity contribution is 0.210. The van der Waals surface area contributed by atoms with Gasteiger partial charge in [0.15, 0.2) is 0 Å². The molecular formula is C11H20N4S. The van der Waals surface area contributed by atoms with Crippen LogP contribution in [-0.4, -0.2) is 47.3 Å². The van der Waals surface area contributed by atoms with Crippen molar-refractivity contribution in [2.75, 3.05) is 32.2 Å². The summed E-state index contributed by atoms with van der Waals surface area (Å²) in [5.41, 5.74) is 0.102. The Bertz CT molecular complexity index is 339. The molecule has 4 nitrogen and oxygen atoms in total. The summed E-state index contributed by atoms with van der Waals surface area (Å²) >= 11 is 1.62. The Balaban J connectivity index is 2.60. The van der Waals surface area contributed by atoms with Crippen molar-refractivity contribution in [2.45, 2.75) is 24.4 Å². The number of aromatic nitrogens is 2. The van der Waals surface area contributed by atoms with Gasteiger partial charge in [-0.1, -0.05) is 0 Å². The Morgan fingerprint density at radius 1 is 1.38 bits per heavy atom. The largest absolute Gasteiger partial charge is 0.368 e. The average molecular weight is 240 g/mol. The second-order valence-electron chi connectivity index (χ2n) is 4.51. The zero-order chi connectivity index (χ0) is 12.2. The van der Waals surface area contributed by atoms with Gasteiger partial charge in [-0.15, -0.1) is 11.8 Å². The van der Waals surface area contributed by atoms with E-state index >= 15 is 0 Å². The van der Waals surface area contributed by atoms with Gasteiger partial charge in [-0.25, -0.2) is 9.97 Å². The molecule has 0 aliphatic heterocycles. The summed E-state index contributed by atoms with van der Waals surface area (Å²) in [5.74, 6) is 0.884. The SMILES string of the molecule is CSc1cc(NCC(C)(C)N(C)C)ncn1. The number of likely N-dealkylation sites (N-methyl/N-ethyl adjacent to an activating group) is 1. The van der Waals surface area contributed by atoms with Gasteiger partial charge in [0.1, 0.15) is 17.2 Å². The van der Waals surface area contributed by atoms with Gasteiger partial charge in [-0.05, 0) is 34.2 Å². The maximum Gasteiger partial charge on any atom is 0.130 e. The molecule has 0 radical (unpaired) electrons. The number of nitrogens with zero attached hydrogens (tertiary/aromatic N) is 3. The maximum atomic E-state index is 4.20. The first-order valence-electron chi connectivity index (χ1n) is 5.23. The molecule has 0 atom stereocenters. The van der Waals surface area contributed by atoms with Crippen molar-refractivity contribution in [1.29, 1.82) is 0 Å². The van der Waals surface area contributed by atoms with Gasteiger partial charge in [0.2, 0.25) is 0 Å². The van der Waals surface area contributed by atoms with E-state index < -0.39 is 0 Å². The van der Waals surface area contributed by atoms with E-state index in [-0.39, 0.29) is 5.54 Å². The average Bonchev–Trinajstić information content (AvgIpc) is 2.26. The number of hydrogen-bond acceptors (Lipinski definition) is 5. The van der Waals surface area contributed by atoms with Crippen molar-refractivity contribution in [3.63, 3.8) is 0 Å². The van der Waals surface area contributed by atoms with E-state index in [2.05, 4.69) is 48.1 Å². The first-order valence-corrected chi connectivity index (χ1v) is 6.45. The van der Waals surface area contributed by atoms with Crippen LogP contribution in [-0.2, 0) is 0 Å². The lowest BCUT2D eigenvalue weighted by Crippen LogP contribution is -2.44. The highest BCUT2D eigenvalue weighted by atomic mass is 32.2. The van der Waals surface area contributed by atoms with Crippen LogP contribution in [0.15, 0.2) is 17.4 Å². The highest BCUT2D eigenvalue weighted by Crippen LogP contribution is 2.15. The molecule has 0 amide bonds. The molecule has 90 valence electrons. The number of thioether (sulfide) groups is 1. The van der Waals surface area contributed by atoms with E-state index in [1.54, 1.807) is 18.1 Å². The third-order valence-corrected chi connectivity index (χ3v) is 3.41. The highest BCUT2D eigenvalue weighted by molar-refractivity contribution is 7.98. The maximum absolute atomic E-state index is 4.20. The normalized spacial score (nSPS) is 11.9. The topological polar surface area (TPSA) is 41.0 Å². The Morgan fingerprint density at radius 2 is 2.06 bits per heavy atom. The van der Waals surface area contributed by atoms with Gasteiger partial charge in [0.25, 0.3) is 0 Å². The van der Waals surface area contributed by atoms with Crippen LogP contribution in [0.3, 0.4) is 0 Å². The molecule has 0 bridgehead atoms. The molecule has 0 saturated heterocycles. The lowest BCUT2D eigenvalue weighted by atomic mass is 10.0. The van der Waals surface area contributed by atoms with Crippen molar-refractivity contribution >= 4 is 17.6 Å². The Morgan fingerprint density at radius 3 is 2.62 bits per heavy atom. The number of anilines is 1. The van der Waals surface area contributed by atoms with Crippen LogP contribution in [0.4, 0.5) is 5.82 Å². The van der Waals surface area contributed by atoms with E-state index in [1.165, 1.54) is 0 Å². The van der Waals surface area contributed by atoms with Gasteiger partial charge < -0.3 is 10.2 Å². The van der Waals surface area contributed by atoms with Crippen LogP contribution in [0, 0.1) is 0 Å². The van der Waals surface area contributed by atoms with E-state index in [4.69, 9.17) is 0 Å². The summed E-state index contributed by atoms with van der Waals surface area (Å²) in [4.78, 5) is 10.5. The van der Waals surface area contributed by atoms with Crippen LogP contribution >= 0.6 is 11.8 Å². The molecule has 5 heteroatoms. The minimum absolute atomic E-state index is 0.102. The number of nitrogens with one attached hydrogen (secondary N) is 1. The summed E-state index contributed by atoms with van der Waals surface area (Å²) in [7, 11) is 4.16. The minimum atomic E-state index is 0.102. The van der Waals surface area contributed by atoms with Crippen LogP contribution in [0.1, 0.15) is 13.8 Å². The predicted octanol–water partition coefficient (Wildman–Crippen LogP) is 1.95. The second kappa shape index (κ2) is 5.50. The number of hydrogen-bond donors (Lipinski definition) is 1. The summed E-state index contributed by atoms with van der Waals surface area (Å²) in [5, 5.41) is 4.32. The molecule has 0 aliphatic carbocycles. The summed E-state index contributed by atoms with van der Waals surface area (Å²) in [6, 6.07) is 1.97. The zero-order valence-electron chi connectivity index (χ0n) is 10.6. The molecule has 1 aromatic heterocycles. The summed E-state index contributed by atoms with van der Waals surface area (Å²) in [6.07, 6.45) is 3.60.